The van der Waals surface area contributed by atoms with Crippen LogP contribution >= 0.6 is 0 Å². The van der Waals surface area contributed by atoms with Crippen LogP contribution < -0.4 is 4.74 Å². The Morgan fingerprint density at radius 3 is 2.57 bits per heavy atom. The van der Waals surface area contributed by atoms with E-state index in [0.29, 0.717) is 11.3 Å². The highest BCUT2D eigenvalue weighted by Gasteiger charge is 2.11. The molecule has 0 unspecified atom stereocenters. The van der Waals surface area contributed by atoms with Gasteiger partial charge in [0, 0.05) is 11.6 Å². The Morgan fingerprint density at radius 2 is 2.14 bits per heavy atom. The lowest BCUT2D eigenvalue weighted by molar-refractivity contribution is 0.101. The first-order chi connectivity index (χ1) is 6.60. The number of benzene rings is 1. The maximum atomic E-state index is 11.1. The number of phenols is 1. The SMILES string of the molecule is COc1cc(O)c(C(C)=O)cc1CO. The van der Waals surface area contributed by atoms with Gasteiger partial charge in [-0.1, -0.05) is 0 Å². The Balaban J connectivity index is 3.30. The summed E-state index contributed by atoms with van der Waals surface area (Å²) >= 11 is 0. The first-order valence-electron chi connectivity index (χ1n) is 4.11. The van der Waals surface area contributed by atoms with Crippen molar-refractivity contribution in [3.8, 4) is 11.5 Å². The van der Waals surface area contributed by atoms with Crippen LogP contribution in [-0.4, -0.2) is 23.1 Å². The molecule has 0 saturated heterocycles. The Kier molecular flexibility index (Phi) is 3.09. The first-order valence-corrected chi connectivity index (χ1v) is 4.11. The molecule has 0 heterocycles. The fourth-order valence-electron chi connectivity index (χ4n) is 1.21. The van der Waals surface area contributed by atoms with Gasteiger partial charge < -0.3 is 14.9 Å². The predicted octanol–water partition coefficient (Wildman–Crippen LogP) is 1.10. The number of aliphatic hydroxyl groups excluding tert-OH is 1. The van der Waals surface area contributed by atoms with E-state index in [-0.39, 0.29) is 23.7 Å². The smallest absolute Gasteiger partial charge is 0.163 e. The Morgan fingerprint density at radius 1 is 1.50 bits per heavy atom. The highest BCUT2D eigenvalue weighted by Crippen LogP contribution is 2.28. The summed E-state index contributed by atoms with van der Waals surface area (Å²) < 4.78 is 4.92. The van der Waals surface area contributed by atoms with Crippen molar-refractivity contribution >= 4 is 5.78 Å². The van der Waals surface area contributed by atoms with E-state index in [2.05, 4.69) is 0 Å². The minimum absolute atomic E-state index is 0.133. The zero-order valence-electron chi connectivity index (χ0n) is 8.07. The molecule has 76 valence electrons. The summed E-state index contributed by atoms with van der Waals surface area (Å²) in [5.41, 5.74) is 0.672. The zero-order chi connectivity index (χ0) is 10.7. The van der Waals surface area contributed by atoms with E-state index < -0.39 is 0 Å². The third-order valence-electron chi connectivity index (χ3n) is 1.95. The van der Waals surface area contributed by atoms with Crippen LogP contribution in [0.15, 0.2) is 12.1 Å². The van der Waals surface area contributed by atoms with Gasteiger partial charge in [-0.3, -0.25) is 4.79 Å². The quantitative estimate of drug-likeness (QED) is 0.710. The maximum Gasteiger partial charge on any atom is 0.163 e. The Hall–Kier alpha value is -1.55. The lowest BCUT2D eigenvalue weighted by atomic mass is 10.1. The van der Waals surface area contributed by atoms with Crippen LogP contribution in [-0.2, 0) is 6.61 Å². The summed E-state index contributed by atoms with van der Waals surface area (Å²) in [5, 5.41) is 18.4. The number of Topliss-reactive ketones (excluding diaryl/α,β-unsaturated/α-hetero) is 1. The summed E-state index contributed by atoms with van der Waals surface area (Å²) in [6, 6.07) is 2.75. The lowest BCUT2D eigenvalue weighted by Crippen LogP contribution is -1.98. The molecule has 1 rings (SSSR count). The van der Waals surface area contributed by atoms with E-state index >= 15 is 0 Å². The molecule has 0 aliphatic rings. The van der Waals surface area contributed by atoms with Crippen molar-refractivity contribution in [1.29, 1.82) is 0 Å². The third kappa shape index (κ3) is 1.85. The van der Waals surface area contributed by atoms with Gasteiger partial charge in [-0.25, -0.2) is 0 Å². The average molecular weight is 196 g/mol. The van der Waals surface area contributed by atoms with Crippen LogP contribution in [0, 0.1) is 0 Å². The number of carbonyl (C=O) groups is 1. The fraction of sp³-hybridized carbons (Fsp3) is 0.300. The van der Waals surface area contributed by atoms with Gasteiger partial charge in [0.1, 0.15) is 11.5 Å². The molecular weight excluding hydrogens is 184 g/mol. The van der Waals surface area contributed by atoms with Crippen molar-refractivity contribution in [2.75, 3.05) is 7.11 Å². The predicted molar refractivity (Wildman–Crippen MR) is 50.6 cm³/mol. The number of hydrogen-bond donors (Lipinski definition) is 2. The van der Waals surface area contributed by atoms with Crippen molar-refractivity contribution in [2.24, 2.45) is 0 Å². The normalized spacial score (nSPS) is 9.93. The van der Waals surface area contributed by atoms with Crippen LogP contribution in [0.1, 0.15) is 22.8 Å². The van der Waals surface area contributed by atoms with Gasteiger partial charge in [-0.05, 0) is 13.0 Å². The summed E-state index contributed by atoms with van der Waals surface area (Å²) in [7, 11) is 1.43. The second-order valence-corrected chi connectivity index (χ2v) is 2.90. The summed E-state index contributed by atoms with van der Waals surface area (Å²) in [6.07, 6.45) is 0. The largest absolute Gasteiger partial charge is 0.507 e. The number of phenolic OH excluding ortho intramolecular Hbond substituents is 1. The van der Waals surface area contributed by atoms with Crippen LogP contribution in [0.5, 0.6) is 11.5 Å². The number of methoxy groups -OCH3 is 1. The molecular formula is C10H12O4. The van der Waals surface area contributed by atoms with E-state index in [1.165, 1.54) is 26.2 Å². The molecule has 1 aromatic rings. The Bertz CT molecular complexity index is 357. The Labute approximate surface area is 81.8 Å². The fourth-order valence-corrected chi connectivity index (χ4v) is 1.21. The number of rotatable bonds is 3. The van der Waals surface area contributed by atoms with E-state index in [1.54, 1.807) is 0 Å². The summed E-state index contributed by atoms with van der Waals surface area (Å²) in [6.45, 7) is 1.12. The number of ketones is 1. The van der Waals surface area contributed by atoms with Gasteiger partial charge in [-0.15, -0.1) is 0 Å². The van der Waals surface area contributed by atoms with Gasteiger partial charge >= 0.3 is 0 Å². The van der Waals surface area contributed by atoms with Crippen molar-refractivity contribution in [2.45, 2.75) is 13.5 Å². The molecule has 0 radical (unpaired) electrons. The van der Waals surface area contributed by atoms with Gasteiger partial charge in [0.2, 0.25) is 0 Å². The average Bonchev–Trinajstić information content (AvgIpc) is 2.16. The van der Waals surface area contributed by atoms with Crippen LogP contribution in [0.25, 0.3) is 0 Å². The van der Waals surface area contributed by atoms with E-state index in [4.69, 9.17) is 9.84 Å². The molecule has 4 heteroatoms. The molecule has 0 amide bonds. The summed E-state index contributed by atoms with van der Waals surface area (Å²) in [4.78, 5) is 11.1. The second kappa shape index (κ2) is 4.11. The highest BCUT2D eigenvalue weighted by atomic mass is 16.5. The highest BCUT2D eigenvalue weighted by molar-refractivity contribution is 5.97. The van der Waals surface area contributed by atoms with Crippen LogP contribution in [0.3, 0.4) is 0 Å². The summed E-state index contributed by atoms with van der Waals surface area (Å²) in [5.74, 6) is -0.0126. The first kappa shape index (κ1) is 10.5. The zero-order valence-corrected chi connectivity index (χ0v) is 8.07. The monoisotopic (exact) mass is 196 g/mol. The minimum atomic E-state index is -0.250. The molecule has 0 bridgehead atoms. The number of aliphatic hydroxyl groups is 1. The molecule has 0 saturated carbocycles. The molecule has 14 heavy (non-hydrogen) atoms. The van der Waals surface area contributed by atoms with Gasteiger partial charge in [-0.2, -0.15) is 0 Å². The van der Waals surface area contributed by atoms with Gasteiger partial charge in [0.05, 0.1) is 19.3 Å². The topological polar surface area (TPSA) is 66.8 Å². The van der Waals surface area contributed by atoms with Crippen molar-refractivity contribution in [3.63, 3.8) is 0 Å². The molecule has 2 N–H and O–H groups in total. The standard InChI is InChI=1S/C10H12O4/c1-6(12)8-3-7(5-11)10(14-2)4-9(8)13/h3-4,11,13H,5H2,1-2H3. The molecule has 0 aliphatic carbocycles. The van der Waals surface area contributed by atoms with Crippen molar-refractivity contribution in [1.82, 2.24) is 0 Å². The van der Waals surface area contributed by atoms with E-state index in [0.717, 1.165) is 0 Å². The third-order valence-corrected chi connectivity index (χ3v) is 1.95. The molecule has 0 aromatic heterocycles. The van der Waals surface area contributed by atoms with Crippen LogP contribution in [0.2, 0.25) is 0 Å². The number of hydrogen-bond acceptors (Lipinski definition) is 4. The number of ether oxygens (including phenoxy) is 1. The van der Waals surface area contributed by atoms with E-state index in [1.807, 2.05) is 0 Å². The molecule has 0 fully saturated rings. The van der Waals surface area contributed by atoms with Crippen LogP contribution in [0.4, 0.5) is 0 Å². The number of carbonyl (C=O) groups excluding carboxylic acids is 1. The molecule has 0 aliphatic heterocycles. The second-order valence-electron chi connectivity index (χ2n) is 2.90. The minimum Gasteiger partial charge on any atom is -0.507 e. The van der Waals surface area contributed by atoms with Gasteiger partial charge in [0.15, 0.2) is 5.78 Å². The van der Waals surface area contributed by atoms with Crippen molar-refractivity contribution in [3.05, 3.63) is 23.3 Å². The lowest BCUT2D eigenvalue weighted by Gasteiger charge is -2.09. The van der Waals surface area contributed by atoms with Gasteiger partial charge in [0.25, 0.3) is 0 Å². The molecule has 0 atom stereocenters. The number of aromatic hydroxyl groups is 1. The van der Waals surface area contributed by atoms with E-state index in [9.17, 15) is 9.90 Å². The molecule has 0 spiro atoms. The molecule has 4 nitrogen and oxygen atoms in total. The molecule has 1 aromatic carbocycles. The maximum absolute atomic E-state index is 11.1. The van der Waals surface area contributed by atoms with Crippen molar-refractivity contribution < 1.29 is 19.7 Å².